The van der Waals surface area contributed by atoms with Gasteiger partial charge in [0.2, 0.25) is 0 Å². The Balaban J connectivity index is 2.17. The number of likely N-dealkylation sites (tertiary alicyclic amines) is 1. The second-order valence-electron chi connectivity index (χ2n) is 4.25. The van der Waals surface area contributed by atoms with E-state index in [1.807, 2.05) is 17.9 Å². The summed E-state index contributed by atoms with van der Waals surface area (Å²) in [4.78, 5) is 2.39. The standard InChI is InChI=1S/C10H17N3/c1-8-5-12(2)7-10(8)9-4-11-13(3)6-9/h4,6,8,10H,5,7H2,1-3H3/t8-,10?/m1/s1. The highest BCUT2D eigenvalue weighted by atomic mass is 15.2. The van der Waals surface area contributed by atoms with Gasteiger partial charge in [0.1, 0.15) is 0 Å². The smallest absolute Gasteiger partial charge is 0.0525 e. The molecule has 1 aliphatic heterocycles. The first-order chi connectivity index (χ1) is 6.16. The van der Waals surface area contributed by atoms with Gasteiger partial charge in [-0.15, -0.1) is 0 Å². The summed E-state index contributed by atoms with van der Waals surface area (Å²) in [6.45, 7) is 4.70. The molecular weight excluding hydrogens is 162 g/mol. The van der Waals surface area contributed by atoms with Crippen LogP contribution in [-0.4, -0.2) is 34.8 Å². The van der Waals surface area contributed by atoms with Gasteiger partial charge in [0.05, 0.1) is 6.20 Å². The number of hydrogen-bond donors (Lipinski definition) is 0. The van der Waals surface area contributed by atoms with Gasteiger partial charge in [0.15, 0.2) is 0 Å². The van der Waals surface area contributed by atoms with Crippen LogP contribution in [0, 0.1) is 5.92 Å². The van der Waals surface area contributed by atoms with Crippen molar-refractivity contribution in [3.05, 3.63) is 18.0 Å². The second kappa shape index (κ2) is 3.14. The highest BCUT2D eigenvalue weighted by Gasteiger charge is 2.29. The van der Waals surface area contributed by atoms with Gasteiger partial charge in [-0.25, -0.2) is 0 Å². The Morgan fingerprint density at radius 3 is 2.62 bits per heavy atom. The highest BCUT2D eigenvalue weighted by molar-refractivity contribution is 5.15. The van der Waals surface area contributed by atoms with Crippen LogP contribution in [-0.2, 0) is 7.05 Å². The van der Waals surface area contributed by atoms with Crippen LogP contribution in [0.4, 0.5) is 0 Å². The molecule has 1 unspecified atom stereocenters. The SMILES string of the molecule is C[C@@H]1CN(C)CC1c1cnn(C)c1. The van der Waals surface area contributed by atoms with Crippen LogP contribution in [0.1, 0.15) is 18.4 Å². The van der Waals surface area contributed by atoms with Crippen molar-refractivity contribution in [1.82, 2.24) is 14.7 Å². The molecule has 0 aromatic carbocycles. The Morgan fingerprint density at radius 2 is 2.15 bits per heavy atom. The lowest BCUT2D eigenvalue weighted by atomic mass is 9.93. The molecule has 1 aliphatic rings. The predicted octanol–water partition coefficient (Wildman–Crippen LogP) is 1.09. The van der Waals surface area contributed by atoms with Gasteiger partial charge in [-0.1, -0.05) is 6.92 Å². The number of aryl methyl sites for hydroxylation is 1. The quantitative estimate of drug-likeness (QED) is 0.643. The number of rotatable bonds is 1. The van der Waals surface area contributed by atoms with Gasteiger partial charge in [0, 0.05) is 32.3 Å². The third-order valence-electron chi connectivity index (χ3n) is 2.95. The molecule has 0 radical (unpaired) electrons. The van der Waals surface area contributed by atoms with Gasteiger partial charge < -0.3 is 4.90 Å². The van der Waals surface area contributed by atoms with Crippen molar-refractivity contribution in [3.63, 3.8) is 0 Å². The van der Waals surface area contributed by atoms with Crippen molar-refractivity contribution >= 4 is 0 Å². The molecule has 1 aromatic rings. The largest absolute Gasteiger partial charge is 0.305 e. The molecule has 1 fully saturated rings. The lowest BCUT2D eigenvalue weighted by molar-refractivity contribution is 0.401. The summed E-state index contributed by atoms with van der Waals surface area (Å²) in [6, 6.07) is 0. The van der Waals surface area contributed by atoms with E-state index in [4.69, 9.17) is 0 Å². The van der Waals surface area contributed by atoms with Crippen molar-refractivity contribution in [1.29, 1.82) is 0 Å². The summed E-state index contributed by atoms with van der Waals surface area (Å²) in [5, 5.41) is 4.22. The zero-order chi connectivity index (χ0) is 9.42. The van der Waals surface area contributed by atoms with E-state index < -0.39 is 0 Å². The number of aromatic nitrogens is 2. The number of nitrogens with zero attached hydrogens (tertiary/aromatic N) is 3. The first-order valence-electron chi connectivity index (χ1n) is 4.84. The first-order valence-corrected chi connectivity index (χ1v) is 4.84. The van der Waals surface area contributed by atoms with Crippen molar-refractivity contribution < 1.29 is 0 Å². The maximum Gasteiger partial charge on any atom is 0.0525 e. The first kappa shape index (κ1) is 8.75. The fraction of sp³-hybridized carbons (Fsp3) is 0.700. The van der Waals surface area contributed by atoms with Crippen LogP contribution in [0.15, 0.2) is 12.4 Å². The van der Waals surface area contributed by atoms with E-state index in [9.17, 15) is 0 Å². The van der Waals surface area contributed by atoms with E-state index in [0.717, 1.165) is 5.92 Å². The second-order valence-corrected chi connectivity index (χ2v) is 4.25. The molecular formula is C10H17N3. The zero-order valence-corrected chi connectivity index (χ0v) is 8.57. The third-order valence-corrected chi connectivity index (χ3v) is 2.95. The minimum absolute atomic E-state index is 0.679. The Hall–Kier alpha value is -0.830. The summed E-state index contributed by atoms with van der Waals surface area (Å²) in [7, 11) is 4.17. The average Bonchev–Trinajstić information content (AvgIpc) is 2.58. The van der Waals surface area contributed by atoms with Gasteiger partial charge in [-0.2, -0.15) is 5.10 Å². The molecule has 0 saturated carbocycles. The molecule has 2 atom stereocenters. The Morgan fingerprint density at radius 1 is 1.38 bits per heavy atom. The van der Waals surface area contributed by atoms with E-state index in [2.05, 4.69) is 30.2 Å². The molecule has 0 bridgehead atoms. The molecule has 0 N–H and O–H groups in total. The summed E-state index contributed by atoms with van der Waals surface area (Å²) < 4.78 is 1.89. The summed E-state index contributed by atoms with van der Waals surface area (Å²) >= 11 is 0. The molecule has 0 amide bonds. The summed E-state index contributed by atoms with van der Waals surface area (Å²) in [6.07, 6.45) is 4.14. The van der Waals surface area contributed by atoms with Crippen LogP contribution in [0.3, 0.4) is 0 Å². The molecule has 0 spiro atoms. The van der Waals surface area contributed by atoms with Crippen LogP contribution in [0.2, 0.25) is 0 Å². The van der Waals surface area contributed by atoms with Crippen molar-refractivity contribution in [2.45, 2.75) is 12.8 Å². The monoisotopic (exact) mass is 179 g/mol. The molecule has 72 valence electrons. The predicted molar refractivity (Wildman–Crippen MR) is 52.6 cm³/mol. The molecule has 1 aromatic heterocycles. The topological polar surface area (TPSA) is 21.1 Å². The van der Waals surface area contributed by atoms with Gasteiger partial charge in [-0.3, -0.25) is 4.68 Å². The lowest BCUT2D eigenvalue weighted by Gasteiger charge is -2.10. The third kappa shape index (κ3) is 1.61. The summed E-state index contributed by atoms with van der Waals surface area (Å²) in [5.74, 6) is 1.44. The van der Waals surface area contributed by atoms with E-state index >= 15 is 0 Å². The van der Waals surface area contributed by atoms with Crippen LogP contribution < -0.4 is 0 Å². The van der Waals surface area contributed by atoms with Crippen molar-refractivity contribution in [2.75, 3.05) is 20.1 Å². The fourth-order valence-corrected chi connectivity index (χ4v) is 2.27. The number of likely N-dealkylation sites (N-methyl/N-ethyl adjacent to an activating group) is 1. The van der Waals surface area contributed by atoms with Gasteiger partial charge in [-0.05, 0) is 18.5 Å². The molecule has 2 rings (SSSR count). The van der Waals surface area contributed by atoms with E-state index in [1.54, 1.807) is 0 Å². The maximum atomic E-state index is 4.22. The Labute approximate surface area is 79.3 Å². The summed E-state index contributed by atoms with van der Waals surface area (Å²) in [5.41, 5.74) is 1.39. The fourth-order valence-electron chi connectivity index (χ4n) is 2.27. The minimum Gasteiger partial charge on any atom is -0.305 e. The molecule has 3 heteroatoms. The van der Waals surface area contributed by atoms with Gasteiger partial charge in [0.25, 0.3) is 0 Å². The zero-order valence-electron chi connectivity index (χ0n) is 8.57. The Bertz CT molecular complexity index is 292. The van der Waals surface area contributed by atoms with Crippen molar-refractivity contribution in [3.8, 4) is 0 Å². The Kier molecular flexibility index (Phi) is 2.12. The normalized spacial score (nSPS) is 29.8. The minimum atomic E-state index is 0.679. The van der Waals surface area contributed by atoms with E-state index in [1.165, 1.54) is 18.7 Å². The van der Waals surface area contributed by atoms with Crippen molar-refractivity contribution in [2.24, 2.45) is 13.0 Å². The number of hydrogen-bond acceptors (Lipinski definition) is 2. The maximum absolute atomic E-state index is 4.22. The lowest BCUT2D eigenvalue weighted by Crippen LogP contribution is -2.13. The van der Waals surface area contributed by atoms with E-state index in [-0.39, 0.29) is 0 Å². The van der Waals surface area contributed by atoms with Crippen LogP contribution in [0.25, 0.3) is 0 Å². The highest BCUT2D eigenvalue weighted by Crippen LogP contribution is 2.30. The van der Waals surface area contributed by atoms with Crippen LogP contribution in [0.5, 0.6) is 0 Å². The molecule has 0 aliphatic carbocycles. The van der Waals surface area contributed by atoms with Crippen LogP contribution >= 0.6 is 0 Å². The molecule has 3 nitrogen and oxygen atoms in total. The van der Waals surface area contributed by atoms with Gasteiger partial charge >= 0.3 is 0 Å². The average molecular weight is 179 g/mol. The molecule has 13 heavy (non-hydrogen) atoms. The molecule has 1 saturated heterocycles. The van der Waals surface area contributed by atoms with E-state index in [0.29, 0.717) is 5.92 Å². The molecule has 2 heterocycles.